The Hall–Kier alpha value is -2.21. The SMILES string of the molecule is O=C(Cn1cccn1)N1CCN(Cc2cccnc2)CC1. The topological polar surface area (TPSA) is 54.3 Å². The second kappa shape index (κ2) is 6.49. The minimum Gasteiger partial charge on any atom is -0.339 e. The number of amides is 1. The number of nitrogens with zero attached hydrogens (tertiary/aromatic N) is 5. The molecule has 0 spiro atoms. The van der Waals surface area contributed by atoms with E-state index in [9.17, 15) is 4.79 Å². The zero-order valence-corrected chi connectivity index (χ0v) is 11.9. The molecule has 0 aliphatic carbocycles. The Morgan fingerprint density at radius 3 is 2.67 bits per heavy atom. The Kier molecular flexibility index (Phi) is 4.25. The first-order valence-electron chi connectivity index (χ1n) is 7.18. The van der Waals surface area contributed by atoms with E-state index in [0.717, 1.165) is 32.7 Å². The first-order chi connectivity index (χ1) is 10.3. The lowest BCUT2D eigenvalue weighted by Gasteiger charge is -2.34. The Morgan fingerprint density at radius 1 is 1.14 bits per heavy atom. The summed E-state index contributed by atoms with van der Waals surface area (Å²) in [6.45, 7) is 4.59. The van der Waals surface area contributed by atoms with Crippen LogP contribution in [0.1, 0.15) is 5.56 Å². The first kappa shape index (κ1) is 13.8. The lowest BCUT2D eigenvalue weighted by Crippen LogP contribution is -2.49. The summed E-state index contributed by atoms with van der Waals surface area (Å²) in [7, 11) is 0. The van der Waals surface area contributed by atoms with Crippen LogP contribution < -0.4 is 0 Å². The van der Waals surface area contributed by atoms with Gasteiger partial charge >= 0.3 is 0 Å². The van der Waals surface area contributed by atoms with Crippen LogP contribution in [0.15, 0.2) is 43.0 Å². The molecule has 0 unspecified atom stereocenters. The van der Waals surface area contributed by atoms with Crippen LogP contribution in [0.4, 0.5) is 0 Å². The van der Waals surface area contributed by atoms with Crippen molar-refractivity contribution in [2.45, 2.75) is 13.1 Å². The van der Waals surface area contributed by atoms with Gasteiger partial charge in [0.15, 0.2) is 0 Å². The second-order valence-corrected chi connectivity index (χ2v) is 5.22. The lowest BCUT2D eigenvalue weighted by molar-refractivity contribution is -0.133. The van der Waals surface area contributed by atoms with Crippen LogP contribution in [0.25, 0.3) is 0 Å². The van der Waals surface area contributed by atoms with Crippen molar-refractivity contribution in [3.05, 3.63) is 48.5 Å². The minimum absolute atomic E-state index is 0.139. The molecule has 0 atom stereocenters. The van der Waals surface area contributed by atoms with E-state index in [4.69, 9.17) is 0 Å². The number of carbonyl (C=O) groups is 1. The second-order valence-electron chi connectivity index (χ2n) is 5.22. The summed E-state index contributed by atoms with van der Waals surface area (Å²) in [6.07, 6.45) is 7.19. The number of aromatic nitrogens is 3. The highest BCUT2D eigenvalue weighted by Crippen LogP contribution is 2.08. The molecule has 3 rings (SSSR count). The fourth-order valence-electron chi connectivity index (χ4n) is 2.54. The third-order valence-corrected chi connectivity index (χ3v) is 3.71. The predicted octanol–water partition coefficient (Wildman–Crippen LogP) is 0.622. The molecular formula is C15H19N5O. The Morgan fingerprint density at radius 2 is 2.00 bits per heavy atom. The van der Waals surface area contributed by atoms with Crippen LogP contribution in [0.3, 0.4) is 0 Å². The standard InChI is InChI=1S/C15H19N5O/c21-15(13-20-6-2-5-17-20)19-9-7-18(8-10-19)12-14-3-1-4-16-11-14/h1-6,11H,7-10,12-13H2. The van der Waals surface area contributed by atoms with Crippen molar-refractivity contribution in [1.82, 2.24) is 24.6 Å². The molecule has 21 heavy (non-hydrogen) atoms. The molecular weight excluding hydrogens is 266 g/mol. The van der Waals surface area contributed by atoms with Crippen LogP contribution in [-0.2, 0) is 17.9 Å². The lowest BCUT2D eigenvalue weighted by atomic mass is 10.2. The van der Waals surface area contributed by atoms with Crippen LogP contribution in [-0.4, -0.2) is 56.7 Å². The summed E-state index contributed by atoms with van der Waals surface area (Å²) in [5.74, 6) is 0.139. The van der Waals surface area contributed by atoms with Gasteiger partial charge in [0.05, 0.1) is 0 Å². The van der Waals surface area contributed by atoms with Crippen LogP contribution in [0.2, 0.25) is 0 Å². The van der Waals surface area contributed by atoms with Gasteiger partial charge in [-0.15, -0.1) is 0 Å². The van der Waals surface area contributed by atoms with Gasteiger partial charge < -0.3 is 4.90 Å². The highest BCUT2D eigenvalue weighted by Gasteiger charge is 2.21. The van der Waals surface area contributed by atoms with Gasteiger partial charge in [-0.05, 0) is 17.7 Å². The number of rotatable bonds is 4. The van der Waals surface area contributed by atoms with Gasteiger partial charge in [0.2, 0.25) is 5.91 Å². The molecule has 1 aliphatic heterocycles. The van der Waals surface area contributed by atoms with E-state index in [2.05, 4.69) is 21.0 Å². The maximum absolute atomic E-state index is 12.2. The maximum atomic E-state index is 12.2. The third kappa shape index (κ3) is 3.66. The minimum atomic E-state index is 0.139. The summed E-state index contributed by atoms with van der Waals surface area (Å²) in [6, 6.07) is 5.88. The van der Waals surface area contributed by atoms with Crippen LogP contribution >= 0.6 is 0 Å². The molecule has 6 nitrogen and oxygen atoms in total. The van der Waals surface area contributed by atoms with Gasteiger partial charge in [-0.2, -0.15) is 5.10 Å². The average molecular weight is 285 g/mol. The van der Waals surface area contributed by atoms with Crippen molar-refractivity contribution in [1.29, 1.82) is 0 Å². The van der Waals surface area contributed by atoms with Crippen molar-refractivity contribution < 1.29 is 4.79 Å². The van der Waals surface area contributed by atoms with Gasteiger partial charge in [-0.1, -0.05) is 6.07 Å². The molecule has 1 amide bonds. The van der Waals surface area contributed by atoms with Crippen molar-refractivity contribution >= 4 is 5.91 Å². The van der Waals surface area contributed by atoms with Crippen molar-refractivity contribution in [2.75, 3.05) is 26.2 Å². The van der Waals surface area contributed by atoms with E-state index < -0.39 is 0 Å². The molecule has 3 heterocycles. The molecule has 110 valence electrons. The molecule has 0 saturated carbocycles. The van der Waals surface area contributed by atoms with E-state index in [1.54, 1.807) is 17.1 Å². The molecule has 0 bridgehead atoms. The normalized spacial score (nSPS) is 16.1. The monoisotopic (exact) mass is 285 g/mol. The molecule has 0 N–H and O–H groups in total. The van der Waals surface area contributed by atoms with Gasteiger partial charge in [0, 0.05) is 57.5 Å². The van der Waals surface area contributed by atoms with E-state index in [-0.39, 0.29) is 5.91 Å². The predicted molar refractivity (Wildman–Crippen MR) is 78.3 cm³/mol. The number of hydrogen-bond donors (Lipinski definition) is 0. The molecule has 2 aromatic heterocycles. The molecule has 0 aromatic carbocycles. The zero-order valence-electron chi connectivity index (χ0n) is 11.9. The summed E-state index contributed by atoms with van der Waals surface area (Å²) < 4.78 is 1.67. The van der Waals surface area contributed by atoms with Crippen molar-refractivity contribution in [3.63, 3.8) is 0 Å². The Balaban J connectivity index is 1.47. The number of piperazine rings is 1. The summed E-state index contributed by atoms with van der Waals surface area (Å²) in [5.41, 5.74) is 1.22. The largest absolute Gasteiger partial charge is 0.339 e. The Labute approximate surface area is 124 Å². The number of carbonyl (C=O) groups excluding carboxylic acids is 1. The van der Waals surface area contributed by atoms with E-state index in [0.29, 0.717) is 6.54 Å². The molecule has 6 heteroatoms. The summed E-state index contributed by atoms with van der Waals surface area (Å²) >= 11 is 0. The smallest absolute Gasteiger partial charge is 0.244 e. The maximum Gasteiger partial charge on any atom is 0.244 e. The van der Waals surface area contributed by atoms with Gasteiger partial charge in [-0.3, -0.25) is 19.4 Å². The first-order valence-corrected chi connectivity index (χ1v) is 7.18. The quantitative estimate of drug-likeness (QED) is 0.826. The van der Waals surface area contributed by atoms with Crippen molar-refractivity contribution in [3.8, 4) is 0 Å². The molecule has 0 radical (unpaired) electrons. The molecule has 1 fully saturated rings. The highest BCUT2D eigenvalue weighted by molar-refractivity contribution is 5.76. The molecule has 2 aromatic rings. The van der Waals surface area contributed by atoms with Crippen molar-refractivity contribution in [2.24, 2.45) is 0 Å². The van der Waals surface area contributed by atoms with Gasteiger partial charge in [0.25, 0.3) is 0 Å². The molecule has 1 saturated heterocycles. The number of pyridine rings is 1. The zero-order chi connectivity index (χ0) is 14.5. The summed E-state index contributed by atoms with van der Waals surface area (Å²) in [5, 5.41) is 4.07. The summed E-state index contributed by atoms with van der Waals surface area (Å²) in [4.78, 5) is 20.6. The average Bonchev–Trinajstić information content (AvgIpc) is 3.02. The van der Waals surface area contributed by atoms with Crippen LogP contribution in [0, 0.1) is 0 Å². The third-order valence-electron chi connectivity index (χ3n) is 3.71. The Bertz CT molecular complexity index is 561. The number of hydrogen-bond acceptors (Lipinski definition) is 4. The van der Waals surface area contributed by atoms with E-state index in [1.165, 1.54) is 5.56 Å². The van der Waals surface area contributed by atoms with Gasteiger partial charge in [-0.25, -0.2) is 0 Å². The highest BCUT2D eigenvalue weighted by atomic mass is 16.2. The van der Waals surface area contributed by atoms with E-state index >= 15 is 0 Å². The molecule has 1 aliphatic rings. The van der Waals surface area contributed by atoms with E-state index in [1.807, 2.05) is 29.4 Å². The van der Waals surface area contributed by atoms with Gasteiger partial charge in [0.1, 0.15) is 6.54 Å². The van der Waals surface area contributed by atoms with Crippen LogP contribution in [0.5, 0.6) is 0 Å². The fraction of sp³-hybridized carbons (Fsp3) is 0.400. The fourth-order valence-corrected chi connectivity index (χ4v) is 2.54.